The average Bonchev–Trinajstić information content (AvgIpc) is 3.18. The molecule has 102 valence electrons. The molecule has 3 aromatic heterocycles. The minimum absolute atomic E-state index is 0.138. The number of thiazole rings is 1. The number of fused-ring (bicyclic) bond motifs is 1. The number of hydrogen-bond acceptors (Lipinski definition) is 5. The van der Waals surface area contributed by atoms with Gasteiger partial charge in [0.25, 0.3) is 5.19 Å². The smallest absolute Gasteiger partial charge is 0.274 e. The molecule has 1 unspecified atom stereocenters. The van der Waals surface area contributed by atoms with E-state index >= 15 is 0 Å². The van der Waals surface area contributed by atoms with E-state index in [0.29, 0.717) is 11.8 Å². The SMILES string of the molecule is c1cnc2[nH]cc(-c3csc(OC4CCOC4)n3)c2c1. The van der Waals surface area contributed by atoms with E-state index in [1.54, 1.807) is 6.20 Å². The Labute approximate surface area is 119 Å². The zero-order chi connectivity index (χ0) is 13.4. The lowest BCUT2D eigenvalue weighted by atomic mass is 10.2. The third-order valence-electron chi connectivity index (χ3n) is 3.37. The van der Waals surface area contributed by atoms with Crippen molar-refractivity contribution in [3.63, 3.8) is 0 Å². The topological polar surface area (TPSA) is 60.0 Å². The van der Waals surface area contributed by atoms with Gasteiger partial charge in [0.2, 0.25) is 0 Å². The summed E-state index contributed by atoms with van der Waals surface area (Å²) in [4.78, 5) is 12.0. The summed E-state index contributed by atoms with van der Waals surface area (Å²) in [6.07, 6.45) is 4.79. The third kappa shape index (κ3) is 2.07. The molecule has 1 aliphatic heterocycles. The first kappa shape index (κ1) is 11.9. The molecule has 0 amide bonds. The standard InChI is InChI=1S/C14H13N3O2S/c1-2-10-11(6-16-13(10)15-4-1)12-8-20-14(17-12)19-9-3-5-18-7-9/h1-2,4,6,8-9H,3,5,7H2,(H,15,16). The molecule has 0 aliphatic carbocycles. The molecule has 1 fully saturated rings. The predicted molar refractivity (Wildman–Crippen MR) is 77.1 cm³/mol. The van der Waals surface area contributed by atoms with Crippen LogP contribution in [0.3, 0.4) is 0 Å². The van der Waals surface area contributed by atoms with Gasteiger partial charge in [0.1, 0.15) is 11.8 Å². The first-order valence-electron chi connectivity index (χ1n) is 6.52. The Kier molecular flexibility index (Phi) is 2.90. The molecule has 0 saturated carbocycles. The van der Waals surface area contributed by atoms with Crippen molar-refractivity contribution >= 4 is 22.4 Å². The number of aromatic amines is 1. The molecular formula is C14H13N3O2S. The van der Waals surface area contributed by atoms with Gasteiger partial charge in [0, 0.05) is 35.1 Å². The van der Waals surface area contributed by atoms with Crippen LogP contribution in [-0.2, 0) is 4.74 Å². The van der Waals surface area contributed by atoms with Crippen LogP contribution >= 0.6 is 11.3 Å². The molecule has 1 atom stereocenters. The molecule has 4 heterocycles. The van der Waals surface area contributed by atoms with Gasteiger partial charge < -0.3 is 14.5 Å². The van der Waals surface area contributed by atoms with Gasteiger partial charge in [-0.1, -0.05) is 11.3 Å². The number of pyridine rings is 1. The number of H-pyrrole nitrogens is 1. The number of hydrogen-bond donors (Lipinski definition) is 1. The van der Waals surface area contributed by atoms with Gasteiger partial charge >= 0.3 is 0 Å². The summed E-state index contributed by atoms with van der Waals surface area (Å²) in [5.41, 5.74) is 2.85. The van der Waals surface area contributed by atoms with E-state index in [-0.39, 0.29) is 6.10 Å². The van der Waals surface area contributed by atoms with Crippen molar-refractivity contribution in [2.75, 3.05) is 13.2 Å². The summed E-state index contributed by atoms with van der Waals surface area (Å²) < 4.78 is 11.1. The molecule has 6 heteroatoms. The van der Waals surface area contributed by atoms with Crippen molar-refractivity contribution in [1.82, 2.24) is 15.0 Å². The Morgan fingerprint density at radius 1 is 1.45 bits per heavy atom. The second-order valence-corrected chi connectivity index (χ2v) is 5.52. The number of aromatic nitrogens is 3. The maximum absolute atomic E-state index is 5.82. The lowest BCUT2D eigenvalue weighted by molar-refractivity contribution is 0.141. The largest absolute Gasteiger partial charge is 0.464 e. The summed E-state index contributed by atoms with van der Waals surface area (Å²) in [5.74, 6) is 0. The van der Waals surface area contributed by atoms with Gasteiger partial charge in [-0.15, -0.1) is 0 Å². The molecule has 0 aromatic carbocycles. The zero-order valence-electron chi connectivity index (χ0n) is 10.7. The number of nitrogens with one attached hydrogen (secondary N) is 1. The summed E-state index contributed by atoms with van der Waals surface area (Å²) >= 11 is 1.52. The molecule has 1 aliphatic rings. The number of ether oxygens (including phenoxy) is 2. The Bertz CT molecular complexity index is 731. The van der Waals surface area contributed by atoms with E-state index in [1.165, 1.54) is 11.3 Å². The highest BCUT2D eigenvalue weighted by atomic mass is 32.1. The van der Waals surface area contributed by atoms with E-state index < -0.39 is 0 Å². The van der Waals surface area contributed by atoms with Crippen molar-refractivity contribution in [3.8, 4) is 16.5 Å². The molecule has 20 heavy (non-hydrogen) atoms. The van der Waals surface area contributed by atoms with Crippen LogP contribution in [0.5, 0.6) is 5.19 Å². The normalized spacial score (nSPS) is 18.7. The van der Waals surface area contributed by atoms with Crippen LogP contribution in [0.4, 0.5) is 0 Å². The maximum Gasteiger partial charge on any atom is 0.274 e. The van der Waals surface area contributed by atoms with Crippen molar-refractivity contribution in [2.45, 2.75) is 12.5 Å². The summed E-state index contributed by atoms with van der Waals surface area (Å²) in [6, 6.07) is 3.97. The Hall–Kier alpha value is -1.92. The zero-order valence-corrected chi connectivity index (χ0v) is 11.5. The molecule has 0 radical (unpaired) electrons. The highest BCUT2D eigenvalue weighted by Gasteiger charge is 2.19. The minimum atomic E-state index is 0.138. The predicted octanol–water partition coefficient (Wildman–Crippen LogP) is 2.85. The lowest BCUT2D eigenvalue weighted by Gasteiger charge is -2.07. The van der Waals surface area contributed by atoms with Gasteiger partial charge in [-0.05, 0) is 12.1 Å². The molecule has 1 N–H and O–H groups in total. The van der Waals surface area contributed by atoms with Gasteiger partial charge in [0.15, 0.2) is 0 Å². The van der Waals surface area contributed by atoms with Gasteiger partial charge in [-0.3, -0.25) is 0 Å². The Morgan fingerprint density at radius 2 is 2.45 bits per heavy atom. The third-order valence-corrected chi connectivity index (χ3v) is 4.10. The molecule has 0 bridgehead atoms. The highest BCUT2D eigenvalue weighted by molar-refractivity contribution is 7.11. The van der Waals surface area contributed by atoms with Crippen molar-refractivity contribution in [3.05, 3.63) is 29.9 Å². The second-order valence-electron chi connectivity index (χ2n) is 4.70. The van der Waals surface area contributed by atoms with Crippen molar-refractivity contribution < 1.29 is 9.47 Å². The van der Waals surface area contributed by atoms with E-state index in [9.17, 15) is 0 Å². The summed E-state index contributed by atoms with van der Waals surface area (Å²) in [5, 5.41) is 3.79. The van der Waals surface area contributed by atoms with Crippen LogP contribution < -0.4 is 4.74 Å². The number of nitrogens with zero attached hydrogens (tertiary/aromatic N) is 2. The lowest BCUT2D eigenvalue weighted by Crippen LogP contribution is -2.15. The van der Waals surface area contributed by atoms with Crippen molar-refractivity contribution in [2.24, 2.45) is 0 Å². The Morgan fingerprint density at radius 3 is 3.35 bits per heavy atom. The fourth-order valence-electron chi connectivity index (χ4n) is 2.35. The van der Waals surface area contributed by atoms with Crippen LogP contribution in [0.15, 0.2) is 29.9 Å². The molecule has 0 spiro atoms. The molecule has 1 saturated heterocycles. The first-order chi connectivity index (χ1) is 9.90. The van der Waals surface area contributed by atoms with Crippen LogP contribution in [0.25, 0.3) is 22.3 Å². The number of rotatable bonds is 3. The maximum atomic E-state index is 5.82. The van der Waals surface area contributed by atoms with Gasteiger partial charge in [-0.25, -0.2) is 9.97 Å². The van der Waals surface area contributed by atoms with Gasteiger partial charge in [0.05, 0.1) is 18.9 Å². The fourth-order valence-corrected chi connectivity index (χ4v) is 3.09. The Balaban J connectivity index is 1.64. The van der Waals surface area contributed by atoms with E-state index in [2.05, 4.69) is 15.0 Å². The average molecular weight is 287 g/mol. The van der Waals surface area contributed by atoms with Crippen LogP contribution in [0, 0.1) is 0 Å². The van der Waals surface area contributed by atoms with Crippen LogP contribution in [-0.4, -0.2) is 34.3 Å². The molecule has 4 rings (SSSR count). The summed E-state index contributed by atoms with van der Waals surface area (Å²) in [6.45, 7) is 1.43. The van der Waals surface area contributed by atoms with E-state index in [1.807, 2.05) is 23.7 Å². The molecular weight excluding hydrogens is 274 g/mol. The minimum Gasteiger partial charge on any atom is -0.464 e. The van der Waals surface area contributed by atoms with Crippen LogP contribution in [0.2, 0.25) is 0 Å². The van der Waals surface area contributed by atoms with Crippen LogP contribution in [0.1, 0.15) is 6.42 Å². The summed E-state index contributed by atoms with van der Waals surface area (Å²) in [7, 11) is 0. The monoisotopic (exact) mass is 287 g/mol. The second kappa shape index (κ2) is 4.88. The molecule has 3 aromatic rings. The van der Waals surface area contributed by atoms with E-state index in [4.69, 9.17) is 9.47 Å². The first-order valence-corrected chi connectivity index (χ1v) is 7.40. The molecule has 5 nitrogen and oxygen atoms in total. The fraction of sp³-hybridized carbons (Fsp3) is 0.286. The van der Waals surface area contributed by atoms with Crippen molar-refractivity contribution in [1.29, 1.82) is 0 Å². The highest BCUT2D eigenvalue weighted by Crippen LogP contribution is 2.31. The van der Waals surface area contributed by atoms with Gasteiger partial charge in [-0.2, -0.15) is 0 Å². The quantitative estimate of drug-likeness (QED) is 0.804. The van der Waals surface area contributed by atoms with E-state index in [0.717, 1.165) is 35.3 Å².